The van der Waals surface area contributed by atoms with Crippen molar-refractivity contribution in [1.29, 1.82) is 0 Å². The van der Waals surface area contributed by atoms with Crippen molar-refractivity contribution in [2.75, 3.05) is 0 Å². The highest BCUT2D eigenvalue weighted by Crippen LogP contribution is 2.56. The highest BCUT2D eigenvalue weighted by atomic mass is 16.3. The van der Waals surface area contributed by atoms with E-state index in [2.05, 4.69) is 152 Å². The third-order valence-electron chi connectivity index (χ3n) is 11.1. The Balaban J connectivity index is 1.13. The Labute approximate surface area is 306 Å². The van der Waals surface area contributed by atoms with Crippen LogP contribution in [0, 0.1) is 0 Å². The maximum atomic E-state index is 6.39. The molecule has 53 heavy (non-hydrogen) atoms. The number of benzene rings is 7. The molecule has 3 aromatic heterocycles. The van der Waals surface area contributed by atoms with Crippen LogP contribution in [0.25, 0.3) is 94.5 Å². The van der Waals surface area contributed by atoms with Gasteiger partial charge in [0.1, 0.15) is 11.2 Å². The van der Waals surface area contributed by atoms with Gasteiger partial charge in [0.15, 0.2) is 5.82 Å². The zero-order chi connectivity index (χ0) is 35.3. The third kappa shape index (κ3) is 4.36. The minimum atomic E-state index is -0.268. The molecule has 4 nitrogen and oxygen atoms in total. The van der Waals surface area contributed by atoms with Crippen molar-refractivity contribution in [3.05, 3.63) is 175 Å². The summed E-state index contributed by atoms with van der Waals surface area (Å²) in [4.78, 5) is 10.2. The molecule has 1 aliphatic rings. The number of nitrogens with zero attached hydrogens (tertiary/aromatic N) is 3. The summed E-state index contributed by atoms with van der Waals surface area (Å²) in [5.74, 6) is 0.709. The van der Waals surface area contributed by atoms with Crippen LogP contribution in [0.3, 0.4) is 0 Å². The monoisotopic (exact) mass is 679 g/mol. The maximum Gasteiger partial charge on any atom is 0.160 e. The smallest absolute Gasteiger partial charge is 0.160 e. The summed E-state index contributed by atoms with van der Waals surface area (Å²) in [6, 6.07) is 57.8. The van der Waals surface area contributed by atoms with Crippen LogP contribution in [-0.4, -0.2) is 14.5 Å². The Hall–Kier alpha value is -6.78. The van der Waals surface area contributed by atoms with Crippen LogP contribution in [-0.2, 0) is 5.41 Å². The van der Waals surface area contributed by atoms with E-state index in [1.165, 1.54) is 54.8 Å². The van der Waals surface area contributed by atoms with Crippen LogP contribution >= 0.6 is 0 Å². The van der Waals surface area contributed by atoms with Crippen LogP contribution in [0.1, 0.15) is 25.0 Å². The number of hydrogen-bond acceptors (Lipinski definition) is 3. The molecule has 10 aromatic rings. The van der Waals surface area contributed by atoms with E-state index in [4.69, 9.17) is 14.4 Å². The number of fused-ring (bicyclic) bond motifs is 11. The second kappa shape index (κ2) is 11.1. The Morgan fingerprint density at radius 2 is 1.09 bits per heavy atom. The topological polar surface area (TPSA) is 43.9 Å². The van der Waals surface area contributed by atoms with Crippen LogP contribution in [0.4, 0.5) is 0 Å². The predicted octanol–water partition coefficient (Wildman–Crippen LogP) is 12.8. The number of hydrogen-bond donors (Lipinski definition) is 0. The lowest BCUT2D eigenvalue weighted by molar-refractivity contribution is 0.660. The second-order valence-electron chi connectivity index (χ2n) is 14.6. The Bertz CT molecular complexity index is 3020. The van der Waals surface area contributed by atoms with Gasteiger partial charge in [0.05, 0.1) is 22.4 Å². The summed E-state index contributed by atoms with van der Waals surface area (Å²) >= 11 is 0. The third-order valence-corrected chi connectivity index (χ3v) is 11.1. The first-order chi connectivity index (χ1) is 26.0. The SMILES string of the molecule is CC1(C)c2c(ccc3oc4ccccc4c23)-c2ccc3c(c21)c1ccccc1n3-c1cccc(-c2cc(-c3ccccc3)nc(-c3ccccc3)n2)c1. The average molecular weight is 680 g/mol. The van der Waals surface area contributed by atoms with Gasteiger partial charge in [0.25, 0.3) is 0 Å². The van der Waals surface area contributed by atoms with Crippen molar-refractivity contribution < 1.29 is 4.42 Å². The van der Waals surface area contributed by atoms with Gasteiger partial charge in [-0.3, -0.25) is 0 Å². The fourth-order valence-electron chi connectivity index (χ4n) is 8.90. The molecule has 250 valence electrons. The highest BCUT2D eigenvalue weighted by Gasteiger charge is 2.40. The van der Waals surface area contributed by atoms with Gasteiger partial charge in [0.2, 0.25) is 0 Å². The quantitative estimate of drug-likeness (QED) is 0.186. The molecule has 0 fully saturated rings. The molecule has 0 amide bonds. The Morgan fingerprint density at radius 1 is 0.472 bits per heavy atom. The van der Waals surface area contributed by atoms with E-state index in [0.717, 1.165) is 44.9 Å². The Kier molecular flexibility index (Phi) is 6.27. The lowest BCUT2D eigenvalue weighted by Gasteiger charge is -2.23. The molecule has 11 rings (SSSR count). The molecule has 3 heterocycles. The lowest BCUT2D eigenvalue weighted by Crippen LogP contribution is -2.16. The molecular weight excluding hydrogens is 647 g/mol. The summed E-state index contributed by atoms with van der Waals surface area (Å²) in [5, 5.41) is 4.94. The molecule has 0 bridgehead atoms. The number of para-hydroxylation sites is 2. The molecule has 4 heteroatoms. The van der Waals surface area contributed by atoms with E-state index in [1.807, 2.05) is 30.3 Å². The largest absolute Gasteiger partial charge is 0.456 e. The van der Waals surface area contributed by atoms with Gasteiger partial charge < -0.3 is 8.98 Å². The molecule has 0 radical (unpaired) electrons. The number of aromatic nitrogens is 3. The number of rotatable bonds is 4. The van der Waals surface area contributed by atoms with Gasteiger partial charge in [-0.25, -0.2) is 9.97 Å². The zero-order valence-corrected chi connectivity index (χ0v) is 29.3. The van der Waals surface area contributed by atoms with E-state index in [9.17, 15) is 0 Å². The molecule has 7 aromatic carbocycles. The maximum absolute atomic E-state index is 6.39. The first kappa shape index (κ1) is 29.9. The van der Waals surface area contributed by atoms with E-state index >= 15 is 0 Å². The first-order valence-electron chi connectivity index (χ1n) is 18.2. The van der Waals surface area contributed by atoms with Gasteiger partial charge >= 0.3 is 0 Å². The zero-order valence-electron chi connectivity index (χ0n) is 29.3. The van der Waals surface area contributed by atoms with Crippen molar-refractivity contribution in [1.82, 2.24) is 14.5 Å². The second-order valence-corrected chi connectivity index (χ2v) is 14.6. The van der Waals surface area contributed by atoms with E-state index in [1.54, 1.807) is 0 Å². The number of furan rings is 1. The molecule has 1 aliphatic carbocycles. The fourth-order valence-corrected chi connectivity index (χ4v) is 8.90. The molecule has 0 spiro atoms. The minimum absolute atomic E-state index is 0.268. The fraction of sp³-hybridized carbons (Fsp3) is 0.0612. The average Bonchev–Trinajstić information content (AvgIpc) is 3.83. The van der Waals surface area contributed by atoms with Crippen LogP contribution < -0.4 is 0 Å². The lowest BCUT2D eigenvalue weighted by atomic mass is 9.79. The van der Waals surface area contributed by atoms with Crippen molar-refractivity contribution in [3.8, 4) is 50.7 Å². The molecule has 0 unspecified atom stereocenters. The Morgan fingerprint density at radius 3 is 1.89 bits per heavy atom. The van der Waals surface area contributed by atoms with Gasteiger partial charge in [-0.15, -0.1) is 0 Å². The summed E-state index contributed by atoms with van der Waals surface area (Å²) in [6.07, 6.45) is 0. The molecule has 0 aliphatic heterocycles. The first-order valence-corrected chi connectivity index (χ1v) is 18.2. The van der Waals surface area contributed by atoms with Crippen molar-refractivity contribution in [2.24, 2.45) is 0 Å². The summed E-state index contributed by atoms with van der Waals surface area (Å²) in [7, 11) is 0. The van der Waals surface area contributed by atoms with E-state index in [0.29, 0.717) is 5.82 Å². The molecule has 0 saturated carbocycles. The minimum Gasteiger partial charge on any atom is -0.456 e. The van der Waals surface area contributed by atoms with Crippen LogP contribution in [0.15, 0.2) is 168 Å². The predicted molar refractivity (Wildman–Crippen MR) is 218 cm³/mol. The van der Waals surface area contributed by atoms with E-state index in [-0.39, 0.29) is 5.41 Å². The summed E-state index contributed by atoms with van der Waals surface area (Å²) < 4.78 is 8.81. The van der Waals surface area contributed by atoms with Crippen molar-refractivity contribution in [2.45, 2.75) is 19.3 Å². The van der Waals surface area contributed by atoms with E-state index < -0.39 is 0 Å². The highest BCUT2D eigenvalue weighted by molar-refractivity contribution is 6.17. The molecule has 0 saturated heterocycles. The summed E-state index contributed by atoms with van der Waals surface area (Å²) in [5.41, 5.74) is 15.2. The normalized spacial score (nSPS) is 13.2. The van der Waals surface area contributed by atoms with Crippen molar-refractivity contribution >= 4 is 43.7 Å². The standard InChI is InChI=1S/C49H33N3O/c1-49(2)46-34(35-25-27-43-45(47(35)49)37-21-10-12-23-42(37)53-43)24-26-41-44(46)36-20-9-11-22-40(36)52(41)33-19-13-18-32(28-33)39-29-38(30-14-5-3-6-15-30)50-48(51-39)31-16-7-4-8-17-31/h3-29H,1-2H3. The van der Waals surface area contributed by atoms with Gasteiger partial charge in [-0.2, -0.15) is 0 Å². The molecule has 0 N–H and O–H groups in total. The van der Waals surface area contributed by atoms with Crippen LogP contribution in [0.2, 0.25) is 0 Å². The van der Waals surface area contributed by atoms with Gasteiger partial charge in [-0.05, 0) is 64.7 Å². The van der Waals surface area contributed by atoms with Gasteiger partial charge in [0, 0.05) is 49.3 Å². The molecule has 0 atom stereocenters. The van der Waals surface area contributed by atoms with Gasteiger partial charge in [-0.1, -0.05) is 135 Å². The molecular formula is C49H33N3O. The van der Waals surface area contributed by atoms with Crippen molar-refractivity contribution in [3.63, 3.8) is 0 Å². The van der Waals surface area contributed by atoms with Crippen LogP contribution in [0.5, 0.6) is 0 Å². The summed E-state index contributed by atoms with van der Waals surface area (Å²) in [6.45, 7) is 4.77.